The summed E-state index contributed by atoms with van der Waals surface area (Å²) in [7, 11) is 0. The van der Waals surface area contributed by atoms with Crippen molar-refractivity contribution >= 4 is 23.7 Å². The molecule has 1 aromatic rings. The van der Waals surface area contributed by atoms with Gasteiger partial charge in [-0.3, -0.25) is 9.78 Å². The number of hydrogen-bond acceptors (Lipinski definition) is 3. The quantitative estimate of drug-likeness (QED) is 0.781. The van der Waals surface area contributed by atoms with E-state index in [1.165, 1.54) is 11.1 Å². The number of aromatic nitrogens is 1. The van der Waals surface area contributed by atoms with Gasteiger partial charge in [0.05, 0.1) is 12.2 Å². The van der Waals surface area contributed by atoms with Gasteiger partial charge in [-0.1, -0.05) is 13.8 Å². The molecule has 1 atom stereocenters. The average Bonchev–Trinajstić information content (AvgIpc) is 2.93. The molecule has 0 N–H and O–H groups in total. The van der Waals surface area contributed by atoms with Gasteiger partial charge in [0.2, 0.25) is 5.91 Å². The molecule has 6 heteroatoms. The Bertz CT molecular complexity index is 547. The molecule has 4 nitrogen and oxygen atoms in total. The predicted molar refractivity (Wildman–Crippen MR) is 80.6 cm³/mol. The summed E-state index contributed by atoms with van der Waals surface area (Å²) in [6, 6.07) is 1.12. The molecule has 21 heavy (non-hydrogen) atoms. The van der Waals surface area contributed by atoms with Crippen molar-refractivity contribution in [3.05, 3.63) is 29.8 Å². The number of amides is 1. The minimum Gasteiger partial charge on any atom is -0.272 e. The molecule has 0 radical (unpaired) electrons. The lowest BCUT2D eigenvalue weighted by Gasteiger charge is -2.30. The molecule has 1 aliphatic heterocycles. The Labute approximate surface area is 129 Å². The van der Waals surface area contributed by atoms with Gasteiger partial charge in [-0.25, -0.2) is 9.40 Å². The molecule has 0 saturated heterocycles. The molecule has 114 valence electrons. The van der Waals surface area contributed by atoms with Gasteiger partial charge in [0.15, 0.2) is 0 Å². The number of hydrogen-bond donors (Lipinski definition) is 0. The Morgan fingerprint density at radius 2 is 2.29 bits per heavy atom. The first-order valence-electron chi connectivity index (χ1n) is 6.98. The number of halogens is 2. The number of nitrogens with zero attached hydrogens (tertiary/aromatic N) is 3. The summed E-state index contributed by atoms with van der Waals surface area (Å²) in [5.74, 6) is 0.0425. The number of pyridine rings is 1. The van der Waals surface area contributed by atoms with E-state index in [1.807, 2.05) is 13.8 Å². The van der Waals surface area contributed by atoms with Crippen LogP contribution >= 0.6 is 11.6 Å². The summed E-state index contributed by atoms with van der Waals surface area (Å²) in [4.78, 5) is 16.5. The molecule has 0 aliphatic carbocycles. The average molecular weight is 312 g/mol. The van der Waals surface area contributed by atoms with Crippen LogP contribution in [0.25, 0.3) is 0 Å². The monoisotopic (exact) mass is 311 g/mol. The van der Waals surface area contributed by atoms with E-state index < -0.39 is 11.2 Å². The van der Waals surface area contributed by atoms with Crippen LogP contribution in [-0.4, -0.2) is 28.0 Å². The van der Waals surface area contributed by atoms with Crippen molar-refractivity contribution < 1.29 is 9.18 Å². The van der Waals surface area contributed by atoms with Crippen LogP contribution in [0, 0.1) is 11.2 Å². The maximum Gasteiger partial charge on any atom is 0.248 e. The fourth-order valence-electron chi connectivity index (χ4n) is 2.42. The maximum atomic E-state index is 13.3. The molecular weight excluding hydrogens is 293 g/mol. The number of hydrazone groups is 1. The third kappa shape index (κ3) is 3.59. The van der Waals surface area contributed by atoms with Crippen LogP contribution in [-0.2, 0) is 4.79 Å². The van der Waals surface area contributed by atoms with Gasteiger partial charge in [-0.15, -0.1) is 11.6 Å². The van der Waals surface area contributed by atoms with Gasteiger partial charge in [0, 0.05) is 30.1 Å². The summed E-state index contributed by atoms with van der Waals surface area (Å²) in [5, 5.41) is 5.62. The lowest BCUT2D eigenvalue weighted by atomic mass is 9.86. The highest BCUT2D eigenvalue weighted by Crippen LogP contribution is 2.34. The normalized spacial score (nSPS) is 18.3. The van der Waals surface area contributed by atoms with Crippen molar-refractivity contribution in [2.75, 3.05) is 5.88 Å². The fourth-order valence-corrected chi connectivity index (χ4v) is 2.56. The molecule has 2 heterocycles. The van der Waals surface area contributed by atoms with Gasteiger partial charge in [-0.05, 0) is 24.5 Å². The van der Waals surface area contributed by atoms with Crippen LogP contribution < -0.4 is 0 Å². The van der Waals surface area contributed by atoms with Crippen molar-refractivity contribution in [1.82, 2.24) is 9.99 Å². The molecule has 1 unspecified atom stereocenters. The lowest BCUT2D eigenvalue weighted by Crippen LogP contribution is -2.38. The number of carbonyl (C=O) groups is 1. The van der Waals surface area contributed by atoms with Crippen molar-refractivity contribution in [3.63, 3.8) is 0 Å². The third-order valence-electron chi connectivity index (χ3n) is 3.66. The van der Waals surface area contributed by atoms with Crippen molar-refractivity contribution in [3.8, 4) is 0 Å². The second-order valence-electron chi connectivity index (χ2n) is 5.81. The third-order valence-corrected chi connectivity index (χ3v) is 3.93. The van der Waals surface area contributed by atoms with E-state index >= 15 is 0 Å². The van der Waals surface area contributed by atoms with E-state index in [-0.39, 0.29) is 11.9 Å². The minimum absolute atomic E-state index is 0.0735. The molecule has 1 amide bonds. The van der Waals surface area contributed by atoms with Crippen molar-refractivity contribution in [2.45, 2.75) is 39.2 Å². The SMILES string of the molecule is CC(C)(CCCCl)C(=O)N1N=CCC1c1cncc(F)c1. The number of alkyl halides is 1. The molecule has 0 bridgehead atoms. The molecule has 2 rings (SSSR count). The minimum atomic E-state index is -0.546. The fraction of sp³-hybridized carbons (Fsp3) is 0.533. The zero-order valence-electron chi connectivity index (χ0n) is 12.2. The van der Waals surface area contributed by atoms with Crippen LogP contribution in [0.2, 0.25) is 0 Å². The van der Waals surface area contributed by atoms with Gasteiger partial charge in [0.1, 0.15) is 5.82 Å². The van der Waals surface area contributed by atoms with E-state index in [0.717, 1.165) is 12.6 Å². The lowest BCUT2D eigenvalue weighted by molar-refractivity contribution is -0.142. The first-order valence-corrected chi connectivity index (χ1v) is 7.51. The molecule has 0 fully saturated rings. The van der Waals surface area contributed by atoms with Gasteiger partial charge < -0.3 is 0 Å². The highest BCUT2D eigenvalue weighted by Gasteiger charge is 2.37. The van der Waals surface area contributed by atoms with Gasteiger partial charge in [-0.2, -0.15) is 5.10 Å². The Kier molecular flexibility index (Phi) is 4.93. The standard InChI is InChI=1S/C15H19ClFN3O/c1-15(2,5-3-6-16)14(21)20-13(4-7-19-20)11-8-12(17)10-18-9-11/h7-10,13H,3-6H2,1-2H3. The van der Waals surface area contributed by atoms with E-state index in [1.54, 1.807) is 12.4 Å². The second-order valence-corrected chi connectivity index (χ2v) is 6.19. The van der Waals surface area contributed by atoms with Gasteiger partial charge >= 0.3 is 0 Å². The van der Waals surface area contributed by atoms with Crippen LogP contribution in [0.5, 0.6) is 0 Å². The second kappa shape index (κ2) is 6.52. The topological polar surface area (TPSA) is 45.6 Å². The van der Waals surface area contributed by atoms with Crippen LogP contribution in [0.4, 0.5) is 4.39 Å². The Morgan fingerprint density at radius 1 is 1.52 bits per heavy atom. The summed E-state index contributed by atoms with van der Waals surface area (Å²) < 4.78 is 13.3. The first kappa shape index (κ1) is 15.9. The summed E-state index contributed by atoms with van der Waals surface area (Å²) >= 11 is 5.71. The zero-order chi connectivity index (χ0) is 15.5. The molecule has 1 aliphatic rings. The summed E-state index contributed by atoms with van der Waals surface area (Å²) in [6.07, 6.45) is 6.44. The predicted octanol–water partition coefficient (Wildman–Crippen LogP) is 3.53. The maximum absolute atomic E-state index is 13.3. The Morgan fingerprint density at radius 3 is 2.95 bits per heavy atom. The van der Waals surface area contributed by atoms with E-state index in [0.29, 0.717) is 24.3 Å². The summed E-state index contributed by atoms with van der Waals surface area (Å²) in [5.41, 5.74) is 0.115. The van der Waals surface area contributed by atoms with Gasteiger partial charge in [0.25, 0.3) is 0 Å². The molecule has 1 aromatic heterocycles. The molecule has 0 saturated carbocycles. The van der Waals surface area contributed by atoms with Crippen LogP contribution in [0.3, 0.4) is 0 Å². The Hall–Kier alpha value is -1.49. The zero-order valence-corrected chi connectivity index (χ0v) is 13.0. The van der Waals surface area contributed by atoms with Crippen molar-refractivity contribution in [2.24, 2.45) is 10.5 Å². The van der Waals surface area contributed by atoms with E-state index in [2.05, 4.69) is 10.1 Å². The summed E-state index contributed by atoms with van der Waals surface area (Å²) in [6.45, 7) is 3.77. The molecule has 0 spiro atoms. The number of rotatable bonds is 5. The largest absolute Gasteiger partial charge is 0.272 e. The van der Waals surface area contributed by atoms with E-state index in [9.17, 15) is 9.18 Å². The highest BCUT2D eigenvalue weighted by molar-refractivity contribution is 6.17. The van der Waals surface area contributed by atoms with Crippen LogP contribution in [0.15, 0.2) is 23.6 Å². The molecular formula is C15H19ClFN3O. The van der Waals surface area contributed by atoms with Crippen molar-refractivity contribution in [1.29, 1.82) is 0 Å². The Balaban J connectivity index is 2.18. The van der Waals surface area contributed by atoms with Crippen LogP contribution in [0.1, 0.15) is 44.7 Å². The smallest absolute Gasteiger partial charge is 0.248 e. The highest BCUT2D eigenvalue weighted by atomic mass is 35.5. The van der Waals surface area contributed by atoms with E-state index in [4.69, 9.17) is 11.6 Å². The first-order chi connectivity index (χ1) is 9.95. The molecule has 0 aromatic carbocycles. The number of carbonyl (C=O) groups excluding carboxylic acids is 1.